The molecule has 0 spiro atoms. The van der Waals surface area contributed by atoms with E-state index in [1.807, 2.05) is 42.5 Å². The number of nitrogens with zero attached hydrogens (tertiary/aromatic N) is 2. The van der Waals surface area contributed by atoms with Crippen LogP contribution >= 0.6 is 0 Å². The summed E-state index contributed by atoms with van der Waals surface area (Å²) in [6.45, 7) is 4.61. The molecule has 0 saturated heterocycles. The first-order valence-electron chi connectivity index (χ1n) is 13.6. The maximum Gasteiger partial charge on any atom is 0.271 e. The van der Waals surface area contributed by atoms with E-state index in [0.29, 0.717) is 41.2 Å². The van der Waals surface area contributed by atoms with E-state index >= 15 is 0 Å². The number of amides is 2. The molecule has 0 fully saturated rings. The highest BCUT2D eigenvalue weighted by atomic mass is 16.5. The Hall–Kier alpha value is -4.05. The van der Waals surface area contributed by atoms with Crippen LogP contribution in [-0.2, 0) is 16.0 Å². The number of carbonyl (C=O) groups excluding carboxylic acids is 2. The monoisotopic (exact) mass is 530 g/mol. The number of imide groups is 1. The van der Waals surface area contributed by atoms with Gasteiger partial charge in [0.1, 0.15) is 17.4 Å². The van der Waals surface area contributed by atoms with Crippen LogP contribution in [0.1, 0.15) is 63.5 Å². The molecule has 2 amide bonds. The Labute approximate surface area is 231 Å². The molecule has 1 aliphatic rings. The molecular formula is C32H38N2O5. The van der Waals surface area contributed by atoms with Gasteiger partial charge in [-0.3, -0.25) is 14.5 Å². The molecule has 2 aromatic rings. The van der Waals surface area contributed by atoms with Gasteiger partial charge in [-0.2, -0.15) is 5.26 Å². The molecule has 0 N–H and O–H groups in total. The lowest BCUT2D eigenvalue weighted by Gasteiger charge is -2.27. The quantitative estimate of drug-likeness (QED) is 0.162. The number of methoxy groups -OCH3 is 2. The number of carbonyl (C=O) groups is 2. The van der Waals surface area contributed by atoms with Gasteiger partial charge < -0.3 is 14.2 Å². The molecule has 3 rings (SSSR count). The molecule has 0 atom stereocenters. The average molecular weight is 531 g/mol. The fourth-order valence-corrected chi connectivity index (χ4v) is 4.49. The summed E-state index contributed by atoms with van der Waals surface area (Å²) < 4.78 is 16.7. The average Bonchev–Trinajstić information content (AvgIpc) is 2.95. The summed E-state index contributed by atoms with van der Waals surface area (Å²) in [5.41, 5.74) is 2.32. The van der Waals surface area contributed by atoms with Crippen LogP contribution in [0.3, 0.4) is 0 Å². The number of rotatable bonds is 14. The van der Waals surface area contributed by atoms with Crippen LogP contribution in [-0.4, -0.2) is 44.1 Å². The summed E-state index contributed by atoms with van der Waals surface area (Å²) in [6, 6.07) is 14.9. The molecule has 39 heavy (non-hydrogen) atoms. The van der Waals surface area contributed by atoms with Gasteiger partial charge in [-0.1, -0.05) is 57.2 Å². The fourth-order valence-electron chi connectivity index (χ4n) is 4.49. The maximum absolute atomic E-state index is 13.4. The molecule has 7 nitrogen and oxygen atoms in total. The van der Waals surface area contributed by atoms with Crippen molar-refractivity contribution >= 4 is 17.9 Å². The lowest BCUT2D eigenvalue weighted by Crippen LogP contribution is -2.43. The SMILES string of the molecule is CCCCCCCCOc1ccc(/C=C2/C(=O)N(CCc3ccc(OC)cc3)C(=O)C(C#N)=C2C)cc1OC. The van der Waals surface area contributed by atoms with Gasteiger partial charge in [-0.05, 0) is 66.8 Å². The molecule has 1 heterocycles. The van der Waals surface area contributed by atoms with Crippen molar-refractivity contribution in [2.75, 3.05) is 27.4 Å². The summed E-state index contributed by atoms with van der Waals surface area (Å²) in [4.78, 5) is 27.6. The molecule has 0 saturated carbocycles. The van der Waals surface area contributed by atoms with E-state index < -0.39 is 11.8 Å². The highest BCUT2D eigenvalue weighted by Gasteiger charge is 2.35. The van der Waals surface area contributed by atoms with E-state index in [1.165, 1.54) is 25.7 Å². The van der Waals surface area contributed by atoms with Crippen molar-refractivity contribution in [3.05, 3.63) is 70.3 Å². The van der Waals surface area contributed by atoms with Crippen molar-refractivity contribution in [2.45, 2.75) is 58.8 Å². The van der Waals surface area contributed by atoms with Crippen LogP contribution in [0.15, 0.2) is 59.2 Å². The second-order valence-corrected chi connectivity index (χ2v) is 9.56. The van der Waals surface area contributed by atoms with Crippen molar-refractivity contribution in [1.29, 1.82) is 5.26 Å². The van der Waals surface area contributed by atoms with E-state index in [4.69, 9.17) is 14.2 Å². The Morgan fingerprint density at radius 2 is 1.62 bits per heavy atom. The van der Waals surface area contributed by atoms with Gasteiger partial charge in [0.15, 0.2) is 11.5 Å². The van der Waals surface area contributed by atoms with Gasteiger partial charge in [0.05, 0.1) is 20.8 Å². The number of nitriles is 1. The van der Waals surface area contributed by atoms with Crippen LogP contribution < -0.4 is 14.2 Å². The molecule has 0 aromatic heterocycles. The minimum atomic E-state index is -0.568. The Morgan fingerprint density at radius 1 is 0.897 bits per heavy atom. The maximum atomic E-state index is 13.4. The number of ether oxygens (including phenoxy) is 3. The van der Waals surface area contributed by atoms with E-state index in [9.17, 15) is 14.9 Å². The second-order valence-electron chi connectivity index (χ2n) is 9.56. The Balaban J connectivity index is 1.76. The number of benzene rings is 2. The van der Waals surface area contributed by atoms with E-state index in [0.717, 1.165) is 29.1 Å². The third kappa shape index (κ3) is 7.73. The van der Waals surface area contributed by atoms with Crippen LogP contribution in [0.25, 0.3) is 6.08 Å². The summed E-state index contributed by atoms with van der Waals surface area (Å²) in [5, 5.41) is 9.70. The molecule has 7 heteroatoms. The third-order valence-corrected chi connectivity index (χ3v) is 6.86. The van der Waals surface area contributed by atoms with Crippen molar-refractivity contribution in [2.24, 2.45) is 0 Å². The Kier molecular flexibility index (Phi) is 11.2. The zero-order valence-electron chi connectivity index (χ0n) is 23.4. The first-order chi connectivity index (χ1) is 18.9. The number of hydrogen-bond donors (Lipinski definition) is 0. The van der Waals surface area contributed by atoms with E-state index in [-0.39, 0.29) is 12.1 Å². The standard InChI is InChI=1S/C32H38N2O5/c1-5-6-7-8-9-10-19-39-29-16-13-25(21-30(29)38-4)20-27-23(2)28(22-33)32(36)34(31(27)35)18-17-24-11-14-26(37-3)15-12-24/h11-16,20-21H,5-10,17-19H2,1-4H3/b27-20+. The van der Waals surface area contributed by atoms with Crippen LogP contribution in [0.4, 0.5) is 0 Å². The van der Waals surface area contributed by atoms with Gasteiger partial charge >= 0.3 is 0 Å². The molecule has 2 aromatic carbocycles. The largest absolute Gasteiger partial charge is 0.497 e. The third-order valence-electron chi connectivity index (χ3n) is 6.86. The summed E-state index contributed by atoms with van der Waals surface area (Å²) >= 11 is 0. The molecule has 0 radical (unpaired) electrons. The van der Waals surface area contributed by atoms with Gasteiger partial charge in [-0.15, -0.1) is 0 Å². The summed E-state index contributed by atoms with van der Waals surface area (Å²) in [7, 11) is 3.17. The highest BCUT2D eigenvalue weighted by Crippen LogP contribution is 2.32. The molecule has 0 bridgehead atoms. The van der Waals surface area contributed by atoms with Gasteiger partial charge in [0, 0.05) is 12.1 Å². The van der Waals surface area contributed by atoms with E-state index in [2.05, 4.69) is 6.92 Å². The fraction of sp³-hybridized carbons (Fsp3) is 0.406. The zero-order chi connectivity index (χ0) is 28.2. The summed E-state index contributed by atoms with van der Waals surface area (Å²) in [5.74, 6) is 0.945. The number of unbranched alkanes of at least 4 members (excludes halogenated alkanes) is 5. The topological polar surface area (TPSA) is 88.9 Å². The van der Waals surface area contributed by atoms with Gasteiger partial charge in [0.2, 0.25) is 0 Å². The predicted octanol–water partition coefficient (Wildman–Crippen LogP) is 6.28. The molecule has 0 aliphatic carbocycles. The lowest BCUT2D eigenvalue weighted by atomic mass is 9.93. The van der Waals surface area contributed by atoms with Crippen LogP contribution in [0.2, 0.25) is 0 Å². The van der Waals surface area contributed by atoms with Gasteiger partial charge in [-0.25, -0.2) is 0 Å². The van der Waals surface area contributed by atoms with Gasteiger partial charge in [0.25, 0.3) is 11.8 Å². The minimum absolute atomic E-state index is 0.0264. The van der Waals surface area contributed by atoms with Crippen LogP contribution in [0.5, 0.6) is 17.2 Å². The first-order valence-corrected chi connectivity index (χ1v) is 13.6. The normalized spacial score (nSPS) is 14.5. The molecule has 1 aliphatic heterocycles. The van der Waals surface area contributed by atoms with Crippen molar-refractivity contribution < 1.29 is 23.8 Å². The molecule has 206 valence electrons. The molecular weight excluding hydrogens is 492 g/mol. The Morgan fingerprint density at radius 3 is 2.28 bits per heavy atom. The van der Waals surface area contributed by atoms with Crippen LogP contribution in [0, 0.1) is 11.3 Å². The highest BCUT2D eigenvalue weighted by molar-refractivity contribution is 6.19. The predicted molar refractivity (Wildman–Crippen MR) is 152 cm³/mol. The van der Waals surface area contributed by atoms with Crippen molar-refractivity contribution in [3.8, 4) is 23.3 Å². The first kappa shape index (κ1) is 29.5. The number of hydrogen-bond acceptors (Lipinski definition) is 6. The molecule has 0 unspecified atom stereocenters. The van der Waals surface area contributed by atoms with Crippen molar-refractivity contribution in [1.82, 2.24) is 4.90 Å². The Bertz CT molecular complexity index is 1250. The minimum Gasteiger partial charge on any atom is -0.497 e. The van der Waals surface area contributed by atoms with Crippen molar-refractivity contribution in [3.63, 3.8) is 0 Å². The zero-order valence-corrected chi connectivity index (χ0v) is 23.4. The van der Waals surface area contributed by atoms with E-state index in [1.54, 1.807) is 33.3 Å². The summed E-state index contributed by atoms with van der Waals surface area (Å²) in [6.07, 6.45) is 9.25. The lowest BCUT2D eigenvalue weighted by molar-refractivity contribution is -0.140. The second kappa shape index (κ2) is 14.8. The smallest absolute Gasteiger partial charge is 0.271 e.